The molecule has 90 valence electrons. The number of hydrogen-bond acceptors (Lipinski definition) is 2. The highest BCUT2D eigenvalue weighted by atomic mass is 79.9. The normalized spacial score (nSPS) is 18.3. The Labute approximate surface area is 109 Å². The predicted molar refractivity (Wildman–Crippen MR) is 72.9 cm³/mol. The molecule has 1 aliphatic carbocycles. The molecule has 2 aromatic rings. The lowest BCUT2D eigenvalue weighted by Crippen LogP contribution is -2.48. The summed E-state index contributed by atoms with van der Waals surface area (Å²) in [5.74, 6) is 1.10. The minimum absolute atomic E-state index is 0.00757. The van der Waals surface area contributed by atoms with Crippen LogP contribution in [0.15, 0.2) is 22.7 Å². The summed E-state index contributed by atoms with van der Waals surface area (Å²) in [6, 6.07) is 6.21. The van der Waals surface area contributed by atoms with Gasteiger partial charge >= 0.3 is 0 Å². The standard InChI is InChI=1S/C13H16BrN3/c1-17-11-4-3-9(14)7-10(11)16-12(17)8-13(15)5-2-6-13/h3-4,7H,2,5-6,8,15H2,1H3. The molecule has 3 rings (SSSR count). The third-order valence-corrected chi connectivity index (χ3v) is 4.29. The maximum atomic E-state index is 6.29. The molecule has 0 aliphatic heterocycles. The average Bonchev–Trinajstić information content (AvgIpc) is 2.53. The number of hydrogen-bond donors (Lipinski definition) is 1. The van der Waals surface area contributed by atoms with Gasteiger partial charge in [-0.2, -0.15) is 0 Å². The molecule has 0 bridgehead atoms. The van der Waals surface area contributed by atoms with Crippen LogP contribution in [0.1, 0.15) is 25.1 Å². The van der Waals surface area contributed by atoms with Crippen molar-refractivity contribution < 1.29 is 0 Å². The summed E-state index contributed by atoms with van der Waals surface area (Å²) >= 11 is 3.48. The molecule has 1 fully saturated rings. The molecule has 0 saturated heterocycles. The lowest BCUT2D eigenvalue weighted by molar-refractivity contribution is 0.242. The molecule has 0 unspecified atom stereocenters. The highest BCUT2D eigenvalue weighted by Gasteiger charge is 2.34. The fourth-order valence-electron chi connectivity index (χ4n) is 2.50. The van der Waals surface area contributed by atoms with Gasteiger partial charge in [-0.15, -0.1) is 0 Å². The first-order chi connectivity index (χ1) is 8.07. The molecule has 1 aliphatic rings. The Morgan fingerprint density at radius 1 is 1.47 bits per heavy atom. The van der Waals surface area contributed by atoms with Crippen LogP contribution in [-0.2, 0) is 13.5 Å². The number of halogens is 1. The molecule has 1 aromatic carbocycles. The minimum atomic E-state index is -0.00757. The van der Waals surface area contributed by atoms with Crippen LogP contribution in [0, 0.1) is 0 Å². The van der Waals surface area contributed by atoms with E-state index >= 15 is 0 Å². The van der Waals surface area contributed by atoms with Crippen LogP contribution < -0.4 is 5.73 Å². The van der Waals surface area contributed by atoms with Gasteiger partial charge in [0.25, 0.3) is 0 Å². The van der Waals surface area contributed by atoms with E-state index in [1.165, 1.54) is 11.9 Å². The van der Waals surface area contributed by atoms with Crippen LogP contribution in [0.5, 0.6) is 0 Å². The topological polar surface area (TPSA) is 43.8 Å². The van der Waals surface area contributed by atoms with Crippen molar-refractivity contribution in [2.45, 2.75) is 31.2 Å². The molecule has 1 heterocycles. The Balaban J connectivity index is 2.02. The summed E-state index contributed by atoms with van der Waals surface area (Å²) in [7, 11) is 2.07. The zero-order valence-corrected chi connectivity index (χ0v) is 11.5. The summed E-state index contributed by atoms with van der Waals surface area (Å²) in [6.07, 6.45) is 4.39. The number of benzene rings is 1. The van der Waals surface area contributed by atoms with Crippen LogP contribution in [0.3, 0.4) is 0 Å². The van der Waals surface area contributed by atoms with Gasteiger partial charge in [-0.25, -0.2) is 4.98 Å². The summed E-state index contributed by atoms with van der Waals surface area (Å²) in [5.41, 5.74) is 8.50. The summed E-state index contributed by atoms with van der Waals surface area (Å²) in [4.78, 5) is 4.69. The highest BCUT2D eigenvalue weighted by Crippen LogP contribution is 2.32. The fourth-order valence-corrected chi connectivity index (χ4v) is 2.85. The van der Waals surface area contributed by atoms with Crippen molar-refractivity contribution in [1.29, 1.82) is 0 Å². The van der Waals surface area contributed by atoms with Crippen molar-refractivity contribution in [2.75, 3.05) is 0 Å². The Bertz CT molecular complexity index is 569. The van der Waals surface area contributed by atoms with Crippen LogP contribution >= 0.6 is 15.9 Å². The van der Waals surface area contributed by atoms with Gasteiger partial charge in [0.05, 0.1) is 11.0 Å². The first-order valence-electron chi connectivity index (χ1n) is 5.97. The number of imidazole rings is 1. The molecule has 0 amide bonds. The number of aromatic nitrogens is 2. The van der Waals surface area contributed by atoms with Crippen LogP contribution in [0.4, 0.5) is 0 Å². The Hall–Kier alpha value is -0.870. The molecular formula is C13H16BrN3. The summed E-state index contributed by atoms with van der Waals surface area (Å²) in [5, 5.41) is 0. The van der Waals surface area contributed by atoms with Gasteiger partial charge in [0.15, 0.2) is 0 Å². The van der Waals surface area contributed by atoms with Crippen molar-refractivity contribution in [3.63, 3.8) is 0 Å². The van der Waals surface area contributed by atoms with Gasteiger partial charge in [0, 0.05) is 23.5 Å². The van der Waals surface area contributed by atoms with Crippen molar-refractivity contribution in [1.82, 2.24) is 9.55 Å². The van der Waals surface area contributed by atoms with E-state index < -0.39 is 0 Å². The Kier molecular flexibility index (Phi) is 2.52. The van der Waals surface area contributed by atoms with Crippen molar-refractivity contribution in [3.05, 3.63) is 28.5 Å². The SMILES string of the molecule is Cn1c(CC2(N)CCC2)nc2cc(Br)ccc21. The van der Waals surface area contributed by atoms with Gasteiger partial charge in [-0.3, -0.25) is 0 Å². The van der Waals surface area contributed by atoms with Crippen molar-refractivity contribution >= 4 is 27.0 Å². The molecule has 3 nitrogen and oxygen atoms in total. The summed E-state index contributed by atoms with van der Waals surface area (Å²) in [6.45, 7) is 0. The Morgan fingerprint density at radius 2 is 2.24 bits per heavy atom. The predicted octanol–water partition coefficient (Wildman–Crippen LogP) is 2.76. The average molecular weight is 294 g/mol. The monoisotopic (exact) mass is 293 g/mol. The van der Waals surface area contributed by atoms with Crippen LogP contribution in [-0.4, -0.2) is 15.1 Å². The highest BCUT2D eigenvalue weighted by molar-refractivity contribution is 9.10. The molecule has 0 atom stereocenters. The zero-order valence-electron chi connectivity index (χ0n) is 9.91. The lowest BCUT2D eigenvalue weighted by Gasteiger charge is -2.37. The quantitative estimate of drug-likeness (QED) is 0.925. The first kappa shape index (κ1) is 11.2. The van der Waals surface area contributed by atoms with Gasteiger partial charge in [-0.05, 0) is 37.5 Å². The maximum Gasteiger partial charge on any atom is 0.111 e. The fraction of sp³-hybridized carbons (Fsp3) is 0.462. The van der Waals surface area contributed by atoms with Gasteiger partial charge < -0.3 is 10.3 Å². The van der Waals surface area contributed by atoms with Crippen LogP contribution in [0.2, 0.25) is 0 Å². The second-order valence-corrected chi connectivity index (χ2v) is 6.03. The van der Waals surface area contributed by atoms with Gasteiger partial charge in [0.1, 0.15) is 5.82 Å². The van der Waals surface area contributed by atoms with Crippen molar-refractivity contribution in [3.8, 4) is 0 Å². The number of nitrogens with zero attached hydrogens (tertiary/aromatic N) is 2. The minimum Gasteiger partial charge on any atom is -0.331 e. The Morgan fingerprint density at radius 3 is 2.88 bits per heavy atom. The van der Waals surface area contributed by atoms with E-state index in [0.29, 0.717) is 0 Å². The number of rotatable bonds is 2. The van der Waals surface area contributed by atoms with E-state index in [-0.39, 0.29) is 5.54 Å². The van der Waals surface area contributed by atoms with Gasteiger partial charge in [-0.1, -0.05) is 15.9 Å². The second-order valence-electron chi connectivity index (χ2n) is 5.11. The molecule has 1 saturated carbocycles. The third kappa shape index (κ3) is 1.89. The van der Waals surface area contributed by atoms with E-state index in [1.807, 2.05) is 0 Å². The zero-order chi connectivity index (χ0) is 12.0. The van der Waals surface area contributed by atoms with Crippen LogP contribution in [0.25, 0.3) is 11.0 Å². The smallest absolute Gasteiger partial charge is 0.111 e. The van der Waals surface area contributed by atoms with E-state index in [2.05, 4.69) is 45.7 Å². The van der Waals surface area contributed by atoms with E-state index in [1.54, 1.807) is 0 Å². The van der Waals surface area contributed by atoms with E-state index in [4.69, 9.17) is 10.7 Å². The van der Waals surface area contributed by atoms with E-state index in [9.17, 15) is 0 Å². The molecule has 17 heavy (non-hydrogen) atoms. The molecule has 1 aromatic heterocycles. The van der Waals surface area contributed by atoms with Gasteiger partial charge in [0.2, 0.25) is 0 Å². The van der Waals surface area contributed by atoms with E-state index in [0.717, 1.165) is 35.1 Å². The maximum absolute atomic E-state index is 6.29. The lowest BCUT2D eigenvalue weighted by atomic mass is 9.75. The second kappa shape index (κ2) is 3.82. The molecular weight excluding hydrogens is 278 g/mol. The van der Waals surface area contributed by atoms with Crippen molar-refractivity contribution in [2.24, 2.45) is 12.8 Å². The molecule has 2 N–H and O–H groups in total. The molecule has 0 radical (unpaired) electrons. The molecule has 0 spiro atoms. The first-order valence-corrected chi connectivity index (χ1v) is 6.76. The largest absolute Gasteiger partial charge is 0.331 e. The number of aryl methyl sites for hydroxylation is 1. The summed E-state index contributed by atoms with van der Waals surface area (Å²) < 4.78 is 3.23. The number of nitrogens with two attached hydrogens (primary N) is 1. The molecule has 4 heteroatoms. The number of fused-ring (bicyclic) bond motifs is 1. The third-order valence-electron chi connectivity index (χ3n) is 3.80.